The van der Waals surface area contributed by atoms with E-state index in [1.165, 1.54) is 18.7 Å². The van der Waals surface area contributed by atoms with Gasteiger partial charge in [0.1, 0.15) is 5.75 Å². The molecule has 1 amide bonds. The Morgan fingerprint density at radius 2 is 1.82 bits per heavy atom. The van der Waals surface area contributed by atoms with Crippen molar-refractivity contribution in [2.75, 3.05) is 25.6 Å². The van der Waals surface area contributed by atoms with E-state index in [0.29, 0.717) is 43.2 Å². The van der Waals surface area contributed by atoms with Gasteiger partial charge in [0.2, 0.25) is 5.91 Å². The summed E-state index contributed by atoms with van der Waals surface area (Å²) in [6.07, 6.45) is 14.7. The molecule has 0 spiro atoms. The number of nitrogens with one attached hydrogen (secondary N) is 1. The van der Waals surface area contributed by atoms with Crippen molar-refractivity contribution in [2.45, 2.75) is 90.5 Å². The van der Waals surface area contributed by atoms with Crippen molar-refractivity contribution in [1.29, 1.82) is 0 Å². The number of allylic oxidation sites excluding steroid dienone is 3. The van der Waals surface area contributed by atoms with E-state index in [-0.39, 0.29) is 30.3 Å². The lowest BCUT2D eigenvalue weighted by atomic mass is 10.1. The first-order valence-corrected chi connectivity index (χ1v) is 16.1. The van der Waals surface area contributed by atoms with Crippen molar-refractivity contribution in [3.8, 4) is 5.75 Å². The van der Waals surface area contributed by atoms with E-state index < -0.39 is 17.6 Å². The lowest BCUT2D eigenvalue weighted by Crippen LogP contribution is -2.32. The monoisotopic (exact) mass is 658 g/mol. The molecule has 0 radical (unpaired) electrons. The average Bonchev–Trinajstić information content (AvgIpc) is 3.53. The van der Waals surface area contributed by atoms with E-state index >= 15 is 0 Å². The second-order valence-electron chi connectivity index (χ2n) is 10.2. The van der Waals surface area contributed by atoms with Gasteiger partial charge in [-0.1, -0.05) is 61.0 Å². The Bertz CT molecular complexity index is 1010. The van der Waals surface area contributed by atoms with E-state index in [9.17, 15) is 33.3 Å². The highest BCUT2D eigenvalue weighted by Crippen LogP contribution is 2.28. The van der Waals surface area contributed by atoms with Crippen LogP contribution >= 0.6 is 11.8 Å². The molecule has 2 rings (SSSR count). The standard InChI is InChI=1S/C15H18F2O.C12H21NO2S.C5H9NO5/c16-15(17,11-10-13-6-4-5-7-13)12-18-14-8-2-1-3-9-14;1-4-5-6-7-8-12(15)16-9-10(2)13-11(3)14;7-5-10-3-1-2-4-11-6(8)9/h1-3,8-11,13H,4-7,12H2;4-5,10H,6-9H2,1-3H3,(H,13,14);5H,1-4H2/b11-10+;5-4-;. The Morgan fingerprint density at radius 3 is 2.42 bits per heavy atom. The molecule has 1 unspecified atom stereocenters. The fourth-order valence-electron chi connectivity index (χ4n) is 3.86. The van der Waals surface area contributed by atoms with Gasteiger partial charge in [-0.2, -0.15) is 8.78 Å². The number of nitrogens with zero attached hydrogens (tertiary/aromatic N) is 1. The van der Waals surface area contributed by atoms with Gasteiger partial charge in [0.25, 0.3) is 17.5 Å². The van der Waals surface area contributed by atoms with Gasteiger partial charge >= 0.3 is 0 Å². The molecule has 1 fully saturated rings. The molecule has 10 nitrogen and oxygen atoms in total. The van der Waals surface area contributed by atoms with Gasteiger partial charge in [-0.05, 0) is 76.5 Å². The zero-order valence-corrected chi connectivity index (χ0v) is 27.3. The fraction of sp³-hybridized carbons (Fsp3) is 0.594. The number of alkyl halides is 2. The molecule has 0 heterocycles. The fourth-order valence-corrected chi connectivity index (χ4v) is 4.66. The first-order valence-electron chi connectivity index (χ1n) is 15.1. The highest BCUT2D eigenvalue weighted by molar-refractivity contribution is 8.13. The smallest absolute Gasteiger partial charge is 0.299 e. The molecule has 0 aliphatic heterocycles. The van der Waals surface area contributed by atoms with Gasteiger partial charge in [-0.3, -0.25) is 14.4 Å². The number of ether oxygens (including phenoxy) is 2. The first-order chi connectivity index (χ1) is 21.5. The summed E-state index contributed by atoms with van der Waals surface area (Å²) in [5.41, 5.74) is 0. The van der Waals surface area contributed by atoms with Crippen molar-refractivity contribution < 1.29 is 42.6 Å². The Kier molecular flexibility index (Phi) is 24.8. The maximum absolute atomic E-state index is 13.6. The Labute approximate surface area is 269 Å². The molecule has 1 aromatic carbocycles. The molecular formula is C32H48F2N2O8S. The van der Waals surface area contributed by atoms with Crippen molar-refractivity contribution in [3.63, 3.8) is 0 Å². The highest BCUT2D eigenvalue weighted by Gasteiger charge is 2.27. The van der Waals surface area contributed by atoms with Crippen LogP contribution in [0.2, 0.25) is 0 Å². The molecule has 1 aliphatic rings. The Morgan fingerprint density at radius 1 is 1.16 bits per heavy atom. The quantitative estimate of drug-likeness (QED) is 0.0542. The van der Waals surface area contributed by atoms with E-state index in [2.05, 4.69) is 21.0 Å². The van der Waals surface area contributed by atoms with Crippen molar-refractivity contribution in [3.05, 3.63) is 64.8 Å². The van der Waals surface area contributed by atoms with E-state index in [0.717, 1.165) is 44.6 Å². The van der Waals surface area contributed by atoms with Crippen LogP contribution in [-0.2, 0) is 24.0 Å². The zero-order valence-electron chi connectivity index (χ0n) is 26.5. The summed E-state index contributed by atoms with van der Waals surface area (Å²) >= 11 is 1.31. The molecule has 1 N–H and O–H groups in total. The maximum Gasteiger partial charge on any atom is 0.299 e. The third kappa shape index (κ3) is 27.8. The normalized spacial score (nSPS) is 13.6. The van der Waals surface area contributed by atoms with Crippen LogP contribution in [0.15, 0.2) is 54.6 Å². The highest BCUT2D eigenvalue weighted by atomic mass is 32.2. The van der Waals surface area contributed by atoms with Crippen LogP contribution in [0.3, 0.4) is 0 Å². The molecule has 0 saturated heterocycles. The number of thioether (sulfide) groups is 1. The summed E-state index contributed by atoms with van der Waals surface area (Å²) in [6, 6.07) is 8.77. The second kappa shape index (κ2) is 26.9. The van der Waals surface area contributed by atoms with Crippen LogP contribution < -0.4 is 10.1 Å². The molecule has 1 atom stereocenters. The first kappa shape index (κ1) is 41.5. The molecule has 0 aromatic heterocycles. The predicted octanol–water partition coefficient (Wildman–Crippen LogP) is 7.11. The summed E-state index contributed by atoms with van der Waals surface area (Å²) < 4.78 is 36.5. The van der Waals surface area contributed by atoms with Crippen molar-refractivity contribution in [1.82, 2.24) is 5.32 Å². The molecule has 254 valence electrons. The molecule has 1 aliphatic carbocycles. The van der Waals surface area contributed by atoms with Crippen LogP contribution in [0.4, 0.5) is 8.78 Å². The zero-order chi connectivity index (χ0) is 33.8. The lowest BCUT2D eigenvalue weighted by molar-refractivity contribution is -0.757. The van der Waals surface area contributed by atoms with E-state index in [4.69, 9.17) is 4.74 Å². The number of amides is 1. The van der Waals surface area contributed by atoms with Gasteiger partial charge in [0.05, 0.1) is 13.2 Å². The number of hydrogen-bond acceptors (Lipinski definition) is 9. The topological polar surface area (TPSA) is 134 Å². The molecule has 1 saturated carbocycles. The van der Waals surface area contributed by atoms with Gasteiger partial charge < -0.3 is 19.6 Å². The van der Waals surface area contributed by atoms with E-state index in [1.54, 1.807) is 30.3 Å². The summed E-state index contributed by atoms with van der Waals surface area (Å²) in [5, 5.41) is 11.7. The number of rotatable bonds is 19. The number of carbonyl (C=O) groups is 3. The van der Waals surface area contributed by atoms with Gasteiger partial charge in [-0.15, -0.1) is 10.1 Å². The van der Waals surface area contributed by atoms with Crippen LogP contribution in [0.25, 0.3) is 0 Å². The third-order valence-corrected chi connectivity index (χ3v) is 7.23. The van der Waals surface area contributed by atoms with Crippen LogP contribution in [0.1, 0.15) is 78.6 Å². The number of para-hydroxylation sites is 1. The second-order valence-corrected chi connectivity index (χ2v) is 11.3. The van der Waals surface area contributed by atoms with Gasteiger partial charge in [0.15, 0.2) is 11.7 Å². The van der Waals surface area contributed by atoms with Crippen LogP contribution in [0, 0.1) is 16.0 Å². The number of halogens is 2. The summed E-state index contributed by atoms with van der Waals surface area (Å²) in [5.74, 6) is -1.48. The van der Waals surface area contributed by atoms with Crippen molar-refractivity contribution >= 4 is 29.3 Å². The molecule has 13 heteroatoms. The third-order valence-electron chi connectivity index (χ3n) is 6.04. The molecule has 0 bridgehead atoms. The molecular weight excluding hydrogens is 610 g/mol. The maximum atomic E-state index is 13.6. The van der Waals surface area contributed by atoms with Crippen LogP contribution in [-0.4, -0.2) is 60.1 Å². The largest absolute Gasteiger partial charge is 0.487 e. The lowest BCUT2D eigenvalue weighted by Gasteiger charge is -2.14. The Balaban J connectivity index is 0.000000667. The van der Waals surface area contributed by atoms with Crippen LogP contribution in [0.5, 0.6) is 5.75 Å². The minimum Gasteiger partial charge on any atom is -0.487 e. The SMILES string of the molecule is C/C=C\CCCC(=O)SCC(C)NC(C)=O.FC(F)(/C=C/C1CCCC1)COc1ccccc1.O=COCCCCO[N+](=O)[O-]. The average molecular weight is 659 g/mol. The minimum atomic E-state index is -2.89. The minimum absolute atomic E-state index is 0.0476. The van der Waals surface area contributed by atoms with Gasteiger partial charge in [-0.25, -0.2) is 0 Å². The molecule has 45 heavy (non-hydrogen) atoms. The van der Waals surface area contributed by atoms with E-state index in [1.807, 2.05) is 26.0 Å². The number of hydrogen-bond donors (Lipinski definition) is 1. The Hall–Kier alpha value is -3.48. The predicted molar refractivity (Wildman–Crippen MR) is 172 cm³/mol. The number of carbonyl (C=O) groups excluding carboxylic acids is 3. The molecule has 1 aromatic rings. The number of benzene rings is 1. The summed E-state index contributed by atoms with van der Waals surface area (Å²) in [4.78, 5) is 45.3. The summed E-state index contributed by atoms with van der Waals surface area (Å²) in [7, 11) is 0. The number of unbranched alkanes of at least 4 members (excludes halogenated alkanes) is 2. The summed E-state index contributed by atoms with van der Waals surface area (Å²) in [6.45, 7) is 5.45. The van der Waals surface area contributed by atoms with Gasteiger partial charge in [0, 0.05) is 25.1 Å². The van der Waals surface area contributed by atoms with Crippen molar-refractivity contribution in [2.24, 2.45) is 5.92 Å².